The summed E-state index contributed by atoms with van der Waals surface area (Å²) in [5, 5.41) is 12.3. The quantitative estimate of drug-likeness (QED) is 0.347. The van der Waals surface area contributed by atoms with Crippen LogP contribution < -0.4 is 0 Å². The molecule has 1 N–H and O–H groups in total. The maximum atomic E-state index is 13.7. The highest BCUT2D eigenvalue weighted by molar-refractivity contribution is 6.04. The Bertz CT molecular complexity index is 1600. The van der Waals surface area contributed by atoms with Gasteiger partial charge in [0.25, 0.3) is 5.97 Å². The number of halogens is 1. The van der Waals surface area contributed by atoms with Crippen LogP contribution in [0.15, 0.2) is 90.0 Å². The van der Waals surface area contributed by atoms with E-state index in [9.17, 15) is 19.1 Å². The van der Waals surface area contributed by atoms with E-state index in [1.165, 1.54) is 24.3 Å². The molecule has 3 bridgehead atoms. The third-order valence-electron chi connectivity index (χ3n) is 10.4. The van der Waals surface area contributed by atoms with Crippen LogP contribution in [0.5, 0.6) is 0 Å². The first-order valence-corrected chi connectivity index (χ1v) is 15.2. The van der Waals surface area contributed by atoms with Crippen LogP contribution in [0.1, 0.15) is 44.7 Å². The van der Waals surface area contributed by atoms with Crippen molar-refractivity contribution in [1.29, 1.82) is 0 Å². The normalized spacial score (nSPS) is 38.3. The minimum Gasteiger partial charge on any atom is -0.461 e. The molecule has 7 nitrogen and oxygen atoms in total. The first kappa shape index (κ1) is 29.3. The lowest BCUT2D eigenvalue weighted by Gasteiger charge is -2.59. The molecule has 1 unspecified atom stereocenters. The van der Waals surface area contributed by atoms with E-state index < -0.39 is 46.7 Å². The highest BCUT2D eigenvalue weighted by Crippen LogP contribution is 2.68. The minimum atomic E-state index is -1.80. The van der Waals surface area contributed by atoms with Crippen molar-refractivity contribution in [3.05, 3.63) is 107 Å². The molecule has 44 heavy (non-hydrogen) atoms. The molecule has 0 radical (unpaired) electrons. The number of hydrogen-bond acceptors (Lipinski definition) is 7. The summed E-state index contributed by atoms with van der Waals surface area (Å²) in [5.74, 6) is -3.96. The summed E-state index contributed by atoms with van der Waals surface area (Å²) in [5.41, 5.74) is -0.213. The van der Waals surface area contributed by atoms with Crippen LogP contribution in [-0.4, -0.2) is 52.3 Å². The standard InChI is InChI=1S/C36H37FO7/c1-21(2)34-17-23(4)36-28(32(34)42-35(43-34,44-36)19-25-8-6-5-7-9-25)15-26(18-33(40)29(36)14-22(3)31(33)39)20-41-30(38)16-24-10-12-27(37)13-11-24/h5-15,23,28-29,32,40H,1,16-20H2,2-4H3/t23-,28+,29-,32-,33-,34+,35?,36-/m1/s1. The van der Waals surface area contributed by atoms with E-state index >= 15 is 0 Å². The second kappa shape index (κ2) is 10.0. The fraction of sp³-hybridized carbons (Fsp3) is 0.444. The van der Waals surface area contributed by atoms with Gasteiger partial charge in [-0.2, -0.15) is 0 Å². The zero-order valence-electron chi connectivity index (χ0n) is 25.2. The fourth-order valence-electron chi connectivity index (χ4n) is 8.48. The molecule has 2 aromatic rings. The van der Waals surface area contributed by atoms with Crippen LogP contribution in [0.25, 0.3) is 0 Å². The van der Waals surface area contributed by atoms with E-state index in [0.29, 0.717) is 29.6 Å². The largest absolute Gasteiger partial charge is 0.461 e. The lowest BCUT2D eigenvalue weighted by molar-refractivity contribution is -0.421. The molecule has 2 heterocycles. The molecular formula is C36H37FO7. The third kappa shape index (κ3) is 4.22. The maximum Gasteiger partial charge on any atom is 0.310 e. The van der Waals surface area contributed by atoms with Crippen molar-refractivity contribution >= 4 is 11.8 Å². The fourth-order valence-corrected chi connectivity index (χ4v) is 8.48. The number of aliphatic hydroxyl groups is 1. The molecule has 2 saturated heterocycles. The Morgan fingerprint density at radius 1 is 1.09 bits per heavy atom. The summed E-state index contributed by atoms with van der Waals surface area (Å²) in [6, 6.07) is 15.5. The molecule has 5 aliphatic rings. The summed E-state index contributed by atoms with van der Waals surface area (Å²) in [7, 11) is 0. The Labute approximate surface area is 256 Å². The van der Waals surface area contributed by atoms with Gasteiger partial charge in [0.1, 0.15) is 29.7 Å². The lowest BCUT2D eigenvalue weighted by Crippen LogP contribution is -2.70. The second-order valence-electron chi connectivity index (χ2n) is 13.3. The van der Waals surface area contributed by atoms with E-state index in [0.717, 1.165) is 11.1 Å². The number of Topliss-reactive ketones (excluding diaryl/α,β-unsaturated/α-hetero) is 1. The van der Waals surface area contributed by atoms with Crippen molar-refractivity contribution < 1.29 is 38.0 Å². The third-order valence-corrected chi connectivity index (χ3v) is 10.4. The highest BCUT2D eigenvalue weighted by Gasteiger charge is 2.79. The molecule has 1 saturated carbocycles. The van der Waals surface area contributed by atoms with Gasteiger partial charge < -0.3 is 24.1 Å². The van der Waals surface area contributed by atoms with Gasteiger partial charge in [0.05, 0.1) is 18.4 Å². The Kier molecular flexibility index (Phi) is 6.68. The van der Waals surface area contributed by atoms with Crippen molar-refractivity contribution in [2.45, 2.75) is 75.3 Å². The number of carbonyl (C=O) groups is 2. The molecular weight excluding hydrogens is 563 g/mol. The molecule has 2 aliphatic heterocycles. The summed E-state index contributed by atoms with van der Waals surface area (Å²) < 4.78 is 39.8. The number of fused-ring (bicyclic) bond motifs is 2. The van der Waals surface area contributed by atoms with Crippen molar-refractivity contribution in [3.63, 3.8) is 0 Å². The monoisotopic (exact) mass is 600 g/mol. The summed E-state index contributed by atoms with van der Waals surface area (Å²) in [4.78, 5) is 26.6. The Morgan fingerprint density at radius 3 is 2.52 bits per heavy atom. The van der Waals surface area contributed by atoms with Gasteiger partial charge >= 0.3 is 5.97 Å². The SMILES string of the molecule is C=C(C)[C@@]12C[C@@H](C)[C@@]34OC(Cc5ccccc5)(O[C@@H]1[C@@H]3C=C(COC(=O)Cc1ccc(F)cc1)C[C@]1(O)C(=O)C(C)=C[C@@H]41)O2. The van der Waals surface area contributed by atoms with Crippen molar-refractivity contribution in [2.24, 2.45) is 17.8 Å². The number of hydrogen-bond donors (Lipinski definition) is 1. The van der Waals surface area contributed by atoms with Gasteiger partial charge in [0.15, 0.2) is 5.78 Å². The van der Waals surface area contributed by atoms with Crippen LogP contribution in [0.4, 0.5) is 4.39 Å². The van der Waals surface area contributed by atoms with E-state index in [2.05, 4.69) is 13.5 Å². The van der Waals surface area contributed by atoms with E-state index in [1.54, 1.807) is 6.92 Å². The van der Waals surface area contributed by atoms with Gasteiger partial charge in [-0.3, -0.25) is 9.59 Å². The van der Waals surface area contributed by atoms with Gasteiger partial charge in [0.2, 0.25) is 0 Å². The number of esters is 1. The van der Waals surface area contributed by atoms with E-state index in [4.69, 9.17) is 18.9 Å². The van der Waals surface area contributed by atoms with Gasteiger partial charge in [-0.05, 0) is 66.2 Å². The molecule has 8 atom stereocenters. The number of rotatable bonds is 7. The van der Waals surface area contributed by atoms with Gasteiger partial charge in [-0.1, -0.05) is 68.1 Å². The summed E-state index contributed by atoms with van der Waals surface area (Å²) in [6.45, 7) is 9.97. The molecule has 3 aliphatic carbocycles. The van der Waals surface area contributed by atoms with Gasteiger partial charge in [-0.25, -0.2) is 4.39 Å². The van der Waals surface area contributed by atoms with Crippen LogP contribution >= 0.6 is 0 Å². The van der Waals surface area contributed by atoms with Crippen LogP contribution in [0.3, 0.4) is 0 Å². The smallest absolute Gasteiger partial charge is 0.310 e. The van der Waals surface area contributed by atoms with Crippen LogP contribution in [-0.2, 0) is 41.4 Å². The molecule has 230 valence electrons. The van der Waals surface area contributed by atoms with Crippen molar-refractivity contribution in [3.8, 4) is 0 Å². The minimum absolute atomic E-state index is 0.0121. The zero-order valence-corrected chi connectivity index (χ0v) is 25.2. The van der Waals surface area contributed by atoms with Crippen molar-refractivity contribution in [1.82, 2.24) is 0 Å². The Morgan fingerprint density at radius 2 is 1.82 bits per heavy atom. The van der Waals surface area contributed by atoms with Gasteiger partial charge in [0, 0.05) is 18.3 Å². The summed E-state index contributed by atoms with van der Waals surface area (Å²) in [6.07, 6.45) is 4.15. The highest BCUT2D eigenvalue weighted by atomic mass is 19.1. The van der Waals surface area contributed by atoms with Crippen LogP contribution in [0, 0.1) is 23.6 Å². The van der Waals surface area contributed by atoms with E-state index in [-0.39, 0.29) is 37.0 Å². The molecule has 0 amide bonds. The molecule has 2 aromatic carbocycles. The topological polar surface area (TPSA) is 91.3 Å². The second-order valence-corrected chi connectivity index (χ2v) is 13.3. The lowest BCUT2D eigenvalue weighted by atomic mass is 9.55. The predicted octanol–water partition coefficient (Wildman–Crippen LogP) is 5.17. The summed E-state index contributed by atoms with van der Waals surface area (Å²) >= 11 is 0. The average Bonchev–Trinajstić information content (AvgIpc) is 3.29. The maximum absolute atomic E-state index is 13.7. The first-order valence-electron chi connectivity index (χ1n) is 15.2. The Hall–Kier alpha value is -3.43. The van der Waals surface area contributed by atoms with Gasteiger partial charge in [-0.15, -0.1) is 0 Å². The first-order chi connectivity index (χ1) is 20.9. The number of benzene rings is 2. The van der Waals surface area contributed by atoms with E-state index in [1.807, 2.05) is 49.4 Å². The molecule has 3 fully saturated rings. The number of ketones is 1. The van der Waals surface area contributed by atoms with Crippen molar-refractivity contribution in [2.75, 3.05) is 6.61 Å². The molecule has 7 rings (SSSR count). The zero-order chi connectivity index (χ0) is 31.1. The molecule has 0 spiro atoms. The number of ether oxygens (including phenoxy) is 4. The molecule has 8 heteroatoms. The van der Waals surface area contributed by atoms with Crippen LogP contribution in [0.2, 0.25) is 0 Å². The Balaban J connectivity index is 1.29. The number of carbonyl (C=O) groups excluding carboxylic acids is 2. The average molecular weight is 601 g/mol. The molecule has 0 aromatic heterocycles. The predicted molar refractivity (Wildman–Crippen MR) is 158 cm³/mol.